The zero-order valence-electron chi connectivity index (χ0n) is 9.50. The van der Waals surface area contributed by atoms with E-state index in [4.69, 9.17) is 15.0 Å². The maximum Gasteiger partial charge on any atom is 0.315 e. The van der Waals surface area contributed by atoms with Crippen LogP contribution in [0.1, 0.15) is 34.4 Å². The minimum Gasteiger partial charge on any atom is -0.493 e. The van der Waals surface area contributed by atoms with Crippen molar-refractivity contribution in [3.05, 3.63) is 41.5 Å². The third kappa shape index (κ3) is 1.71. The average Bonchev–Trinajstić information content (AvgIpc) is 2.87. The van der Waals surface area contributed by atoms with Crippen LogP contribution in [0, 0.1) is 0 Å². The maximum atomic E-state index is 10.9. The number of aromatic nitrogens is 2. The summed E-state index contributed by atoms with van der Waals surface area (Å²) in [4.78, 5) is 15.0. The quantitative estimate of drug-likeness (QED) is 0.854. The van der Waals surface area contributed by atoms with Gasteiger partial charge in [-0.3, -0.25) is 4.79 Å². The molecule has 1 aliphatic rings. The number of hydrogen-bond acceptors (Lipinski definition) is 5. The second kappa shape index (κ2) is 4.14. The van der Waals surface area contributed by atoms with E-state index >= 15 is 0 Å². The van der Waals surface area contributed by atoms with E-state index in [1.807, 2.05) is 24.3 Å². The number of benzene rings is 1. The largest absolute Gasteiger partial charge is 0.493 e. The highest BCUT2D eigenvalue weighted by Crippen LogP contribution is 2.36. The van der Waals surface area contributed by atoms with E-state index in [0.29, 0.717) is 12.4 Å². The average molecular weight is 245 g/mol. The molecule has 1 aromatic heterocycles. The van der Waals surface area contributed by atoms with E-state index in [-0.39, 0.29) is 11.8 Å². The number of carbonyl (C=O) groups is 1. The van der Waals surface area contributed by atoms with E-state index in [1.165, 1.54) is 0 Å². The highest BCUT2D eigenvalue weighted by molar-refractivity contribution is 5.87. The molecule has 6 nitrogen and oxygen atoms in total. The lowest BCUT2D eigenvalue weighted by atomic mass is 9.92. The van der Waals surface area contributed by atoms with Crippen molar-refractivity contribution in [2.45, 2.75) is 12.3 Å². The first-order valence-corrected chi connectivity index (χ1v) is 5.61. The van der Waals surface area contributed by atoms with Crippen LogP contribution in [0.3, 0.4) is 0 Å². The van der Waals surface area contributed by atoms with Crippen LogP contribution in [0.5, 0.6) is 5.75 Å². The maximum absolute atomic E-state index is 10.9. The monoisotopic (exact) mass is 245 g/mol. The molecule has 0 saturated carbocycles. The van der Waals surface area contributed by atoms with Gasteiger partial charge in [0.05, 0.1) is 12.5 Å². The molecule has 1 atom stereocenters. The Balaban J connectivity index is 2.00. The molecular weight excluding hydrogens is 234 g/mol. The molecular formula is C12H11N3O3. The van der Waals surface area contributed by atoms with Crippen molar-refractivity contribution in [1.82, 2.24) is 10.1 Å². The smallest absolute Gasteiger partial charge is 0.315 e. The summed E-state index contributed by atoms with van der Waals surface area (Å²) in [6.45, 7) is 0.585. The molecule has 1 unspecified atom stereocenters. The van der Waals surface area contributed by atoms with E-state index in [0.717, 1.165) is 17.7 Å². The van der Waals surface area contributed by atoms with Crippen LogP contribution in [-0.2, 0) is 0 Å². The molecule has 2 heterocycles. The summed E-state index contributed by atoms with van der Waals surface area (Å²) >= 11 is 0. The zero-order valence-corrected chi connectivity index (χ0v) is 9.50. The van der Waals surface area contributed by atoms with Gasteiger partial charge in [-0.2, -0.15) is 4.98 Å². The predicted molar refractivity (Wildman–Crippen MR) is 61.2 cm³/mol. The number of rotatable bonds is 2. The summed E-state index contributed by atoms with van der Waals surface area (Å²) in [6.07, 6.45) is 0.745. The minimum absolute atomic E-state index is 0.0215. The standard InChI is InChI=1S/C12H11N3O3/c13-10(16)12-14-11(15-18-12)8-5-6-17-9-4-2-1-3-7(8)9/h1-4,8H,5-6H2,(H2,13,16). The fraction of sp³-hybridized carbons (Fsp3) is 0.250. The van der Waals surface area contributed by atoms with Gasteiger partial charge in [-0.15, -0.1) is 0 Å². The fourth-order valence-corrected chi connectivity index (χ4v) is 2.09. The van der Waals surface area contributed by atoms with Gasteiger partial charge in [0.15, 0.2) is 5.82 Å². The molecule has 0 spiro atoms. The first-order chi connectivity index (χ1) is 8.75. The normalized spacial score (nSPS) is 17.9. The fourth-order valence-electron chi connectivity index (χ4n) is 2.09. The molecule has 0 bridgehead atoms. The molecule has 0 radical (unpaired) electrons. The van der Waals surface area contributed by atoms with Crippen LogP contribution in [0.4, 0.5) is 0 Å². The second-order valence-corrected chi connectivity index (χ2v) is 4.05. The number of nitrogens with two attached hydrogens (primary N) is 1. The molecule has 1 aliphatic heterocycles. The van der Waals surface area contributed by atoms with Crippen LogP contribution in [0.25, 0.3) is 0 Å². The Morgan fingerprint density at radius 3 is 3.00 bits per heavy atom. The third-order valence-corrected chi connectivity index (χ3v) is 2.92. The number of nitrogens with zero attached hydrogens (tertiary/aromatic N) is 2. The molecule has 2 aromatic rings. The topological polar surface area (TPSA) is 91.2 Å². The van der Waals surface area contributed by atoms with Gasteiger partial charge in [-0.05, 0) is 12.5 Å². The van der Waals surface area contributed by atoms with Crippen molar-refractivity contribution in [2.75, 3.05) is 6.61 Å². The van der Waals surface area contributed by atoms with E-state index < -0.39 is 5.91 Å². The summed E-state index contributed by atoms with van der Waals surface area (Å²) in [5.74, 6) is 0.397. The molecule has 1 aromatic carbocycles. The molecule has 18 heavy (non-hydrogen) atoms. The molecule has 0 saturated heterocycles. The van der Waals surface area contributed by atoms with Gasteiger partial charge in [-0.25, -0.2) is 0 Å². The Labute approximate surface area is 103 Å². The van der Waals surface area contributed by atoms with Crippen LogP contribution in [-0.4, -0.2) is 22.7 Å². The molecule has 2 N–H and O–H groups in total. The van der Waals surface area contributed by atoms with Crippen LogP contribution in [0.2, 0.25) is 0 Å². The first kappa shape index (κ1) is 10.8. The van der Waals surface area contributed by atoms with E-state index in [2.05, 4.69) is 10.1 Å². The molecule has 3 rings (SSSR count). The third-order valence-electron chi connectivity index (χ3n) is 2.92. The zero-order chi connectivity index (χ0) is 12.5. The van der Waals surface area contributed by atoms with Gasteiger partial charge < -0.3 is 15.0 Å². The van der Waals surface area contributed by atoms with Gasteiger partial charge in [0.25, 0.3) is 0 Å². The van der Waals surface area contributed by atoms with Gasteiger partial charge in [0, 0.05) is 5.56 Å². The van der Waals surface area contributed by atoms with Gasteiger partial charge in [0.1, 0.15) is 5.75 Å². The summed E-state index contributed by atoms with van der Waals surface area (Å²) < 4.78 is 10.4. The number of hydrogen-bond donors (Lipinski definition) is 1. The van der Waals surface area contributed by atoms with Crippen molar-refractivity contribution < 1.29 is 14.1 Å². The lowest BCUT2D eigenvalue weighted by molar-refractivity contribution is 0.0958. The summed E-state index contributed by atoms with van der Waals surface area (Å²) in [5, 5.41) is 3.82. The van der Waals surface area contributed by atoms with E-state index in [1.54, 1.807) is 0 Å². The molecule has 92 valence electrons. The first-order valence-electron chi connectivity index (χ1n) is 5.61. The Hall–Kier alpha value is -2.37. The predicted octanol–water partition coefficient (Wildman–Crippen LogP) is 1.08. The summed E-state index contributed by atoms with van der Waals surface area (Å²) in [6, 6.07) is 7.69. The van der Waals surface area contributed by atoms with Crippen molar-refractivity contribution in [3.8, 4) is 5.75 Å². The number of para-hydroxylation sites is 1. The van der Waals surface area contributed by atoms with Crippen LogP contribution >= 0.6 is 0 Å². The van der Waals surface area contributed by atoms with Crippen molar-refractivity contribution in [1.29, 1.82) is 0 Å². The minimum atomic E-state index is -0.714. The number of carbonyl (C=O) groups excluding carboxylic acids is 1. The highest BCUT2D eigenvalue weighted by atomic mass is 16.5. The Kier molecular flexibility index (Phi) is 2.47. The summed E-state index contributed by atoms with van der Waals surface area (Å²) in [5.41, 5.74) is 6.09. The van der Waals surface area contributed by atoms with Crippen LogP contribution < -0.4 is 10.5 Å². The molecule has 0 fully saturated rings. The van der Waals surface area contributed by atoms with Crippen molar-refractivity contribution in [3.63, 3.8) is 0 Å². The van der Waals surface area contributed by atoms with Gasteiger partial charge in [-0.1, -0.05) is 23.4 Å². The van der Waals surface area contributed by atoms with Gasteiger partial charge in [0.2, 0.25) is 0 Å². The number of ether oxygens (including phenoxy) is 1. The van der Waals surface area contributed by atoms with E-state index in [9.17, 15) is 4.79 Å². The van der Waals surface area contributed by atoms with Crippen molar-refractivity contribution >= 4 is 5.91 Å². The molecule has 0 aliphatic carbocycles. The lowest BCUT2D eigenvalue weighted by Crippen LogP contribution is -2.16. The Bertz CT molecular complexity index is 594. The number of amides is 1. The van der Waals surface area contributed by atoms with Crippen LogP contribution in [0.15, 0.2) is 28.8 Å². The van der Waals surface area contributed by atoms with Gasteiger partial charge >= 0.3 is 11.8 Å². The summed E-state index contributed by atoms with van der Waals surface area (Å²) in [7, 11) is 0. The lowest BCUT2D eigenvalue weighted by Gasteiger charge is -2.23. The molecule has 6 heteroatoms. The number of fused-ring (bicyclic) bond motifs is 1. The highest BCUT2D eigenvalue weighted by Gasteiger charge is 2.27. The number of primary amides is 1. The Morgan fingerprint density at radius 1 is 1.39 bits per heavy atom. The SMILES string of the molecule is NC(=O)c1nc(C2CCOc3ccccc32)no1. The second-order valence-electron chi connectivity index (χ2n) is 4.05. The van der Waals surface area contributed by atoms with Crippen molar-refractivity contribution in [2.24, 2.45) is 5.73 Å². The Morgan fingerprint density at radius 2 is 2.22 bits per heavy atom. The molecule has 1 amide bonds.